The van der Waals surface area contributed by atoms with Crippen LogP contribution in [0.25, 0.3) is 0 Å². The number of hydrogen-bond acceptors (Lipinski definition) is 4. The molecule has 1 aromatic heterocycles. The van der Waals surface area contributed by atoms with Gasteiger partial charge in [0, 0.05) is 5.92 Å². The molecule has 1 heterocycles. The minimum Gasteiger partial charge on any atom is -0.480 e. The van der Waals surface area contributed by atoms with Crippen molar-refractivity contribution in [3.8, 4) is 5.88 Å². The largest absolute Gasteiger partial charge is 0.480 e. The van der Waals surface area contributed by atoms with Crippen LogP contribution in [0.1, 0.15) is 43.7 Å². The summed E-state index contributed by atoms with van der Waals surface area (Å²) < 4.78 is 5.14. The Balaban J connectivity index is 2.31. The lowest BCUT2D eigenvalue weighted by molar-refractivity contribution is 0.390. The summed E-state index contributed by atoms with van der Waals surface area (Å²) in [5, 5.41) is 0. The van der Waals surface area contributed by atoms with E-state index in [0.29, 0.717) is 23.2 Å². The fourth-order valence-corrected chi connectivity index (χ4v) is 2.41. The van der Waals surface area contributed by atoms with E-state index in [-0.39, 0.29) is 0 Å². The normalized spacial score (nSPS) is 17.3. The van der Waals surface area contributed by atoms with E-state index in [0.717, 1.165) is 5.69 Å². The maximum Gasteiger partial charge on any atom is 0.237 e. The summed E-state index contributed by atoms with van der Waals surface area (Å²) in [6, 6.07) is 1.76. The third-order valence-electron chi connectivity index (χ3n) is 3.26. The molecule has 2 rings (SSSR count). The van der Waals surface area contributed by atoms with E-state index >= 15 is 0 Å². The zero-order valence-electron chi connectivity index (χ0n) is 9.70. The predicted octanol–water partition coefficient (Wildman–Crippen LogP) is 2.30. The van der Waals surface area contributed by atoms with E-state index in [1.807, 2.05) is 0 Å². The second-order valence-corrected chi connectivity index (χ2v) is 4.40. The number of hydrogen-bond donors (Lipinski definition) is 2. The SMILES string of the molecule is COc1nc(C2CCCCC2)c(N)cc1N. The van der Waals surface area contributed by atoms with Crippen molar-refractivity contribution in [2.45, 2.75) is 38.0 Å². The Morgan fingerprint density at radius 1 is 1.19 bits per heavy atom. The molecule has 0 radical (unpaired) electrons. The van der Waals surface area contributed by atoms with Gasteiger partial charge in [-0.05, 0) is 18.9 Å². The van der Waals surface area contributed by atoms with E-state index in [9.17, 15) is 0 Å². The molecule has 0 atom stereocenters. The van der Waals surface area contributed by atoms with Gasteiger partial charge in [-0.3, -0.25) is 0 Å². The van der Waals surface area contributed by atoms with Gasteiger partial charge < -0.3 is 16.2 Å². The number of methoxy groups -OCH3 is 1. The van der Waals surface area contributed by atoms with Crippen molar-refractivity contribution >= 4 is 11.4 Å². The van der Waals surface area contributed by atoms with Gasteiger partial charge in [0.25, 0.3) is 0 Å². The van der Waals surface area contributed by atoms with E-state index in [4.69, 9.17) is 16.2 Å². The molecule has 1 aliphatic carbocycles. The highest BCUT2D eigenvalue weighted by Gasteiger charge is 2.20. The van der Waals surface area contributed by atoms with Crippen LogP contribution in [0.5, 0.6) is 5.88 Å². The van der Waals surface area contributed by atoms with Crippen molar-refractivity contribution in [1.29, 1.82) is 0 Å². The molecule has 4 N–H and O–H groups in total. The molecule has 1 saturated carbocycles. The molecule has 0 aliphatic heterocycles. The molecule has 0 unspecified atom stereocenters. The van der Waals surface area contributed by atoms with Gasteiger partial charge >= 0.3 is 0 Å². The van der Waals surface area contributed by atoms with Gasteiger partial charge in [-0.1, -0.05) is 19.3 Å². The monoisotopic (exact) mass is 221 g/mol. The van der Waals surface area contributed by atoms with Gasteiger partial charge in [-0.25, -0.2) is 4.98 Å². The molecule has 1 fully saturated rings. The van der Waals surface area contributed by atoms with Crippen molar-refractivity contribution in [3.63, 3.8) is 0 Å². The van der Waals surface area contributed by atoms with Gasteiger partial charge in [-0.15, -0.1) is 0 Å². The molecule has 0 amide bonds. The summed E-state index contributed by atoms with van der Waals surface area (Å²) in [7, 11) is 1.58. The topological polar surface area (TPSA) is 74.2 Å². The Morgan fingerprint density at radius 3 is 2.50 bits per heavy atom. The highest BCUT2D eigenvalue weighted by Crippen LogP contribution is 2.36. The van der Waals surface area contributed by atoms with Crippen molar-refractivity contribution in [3.05, 3.63) is 11.8 Å². The second-order valence-electron chi connectivity index (χ2n) is 4.40. The van der Waals surface area contributed by atoms with Crippen LogP contribution in [0, 0.1) is 0 Å². The van der Waals surface area contributed by atoms with Crippen molar-refractivity contribution < 1.29 is 4.74 Å². The minimum absolute atomic E-state index is 0.475. The first-order valence-electron chi connectivity index (χ1n) is 5.82. The van der Waals surface area contributed by atoms with E-state index in [1.54, 1.807) is 13.2 Å². The molecular formula is C12H19N3O. The first-order valence-corrected chi connectivity index (χ1v) is 5.82. The predicted molar refractivity (Wildman–Crippen MR) is 65.4 cm³/mol. The van der Waals surface area contributed by atoms with Gasteiger partial charge in [0.05, 0.1) is 24.2 Å². The summed E-state index contributed by atoms with van der Waals surface area (Å²) >= 11 is 0. The smallest absolute Gasteiger partial charge is 0.237 e. The molecule has 16 heavy (non-hydrogen) atoms. The number of nitrogens with zero attached hydrogens (tertiary/aromatic N) is 1. The first kappa shape index (κ1) is 11.0. The first-order chi connectivity index (χ1) is 7.72. The molecule has 88 valence electrons. The summed E-state index contributed by atoms with van der Waals surface area (Å²) in [6.07, 6.45) is 6.19. The van der Waals surface area contributed by atoms with Crippen LogP contribution in [0.2, 0.25) is 0 Å². The lowest BCUT2D eigenvalue weighted by Gasteiger charge is -2.23. The number of anilines is 2. The van der Waals surface area contributed by atoms with Gasteiger partial charge in [-0.2, -0.15) is 0 Å². The number of rotatable bonds is 2. The number of nitrogen functional groups attached to an aromatic ring is 2. The third kappa shape index (κ3) is 2.05. The Kier molecular flexibility index (Phi) is 3.17. The van der Waals surface area contributed by atoms with Crippen LogP contribution in [-0.4, -0.2) is 12.1 Å². The Bertz CT molecular complexity index is 373. The molecule has 1 aromatic rings. The van der Waals surface area contributed by atoms with E-state index in [2.05, 4.69) is 4.98 Å². The van der Waals surface area contributed by atoms with Crippen LogP contribution in [-0.2, 0) is 0 Å². The third-order valence-corrected chi connectivity index (χ3v) is 3.26. The van der Waals surface area contributed by atoms with Crippen molar-refractivity contribution in [2.24, 2.45) is 0 Å². The summed E-state index contributed by atoms with van der Waals surface area (Å²) in [5.74, 6) is 0.970. The highest BCUT2D eigenvalue weighted by atomic mass is 16.5. The van der Waals surface area contributed by atoms with Crippen molar-refractivity contribution in [1.82, 2.24) is 4.98 Å². The number of nitrogens with two attached hydrogens (primary N) is 2. The average Bonchev–Trinajstić information content (AvgIpc) is 2.30. The molecule has 1 aliphatic rings. The van der Waals surface area contributed by atoms with Crippen LogP contribution in [0.15, 0.2) is 6.07 Å². The minimum atomic E-state index is 0.475. The average molecular weight is 221 g/mol. The molecule has 0 spiro atoms. The van der Waals surface area contributed by atoms with Gasteiger partial charge in [0.15, 0.2) is 0 Å². The lowest BCUT2D eigenvalue weighted by Crippen LogP contribution is -2.11. The zero-order chi connectivity index (χ0) is 11.5. The summed E-state index contributed by atoms with van der Waals surface area (Å²) in [5.41, 5.74) is 13.9. The molecule has 0 bridgehead atoms. The molecule has 4 nitrogen and oxygen atoms in total. The maximum absolute atomic E-state index is 5.98. The molecule has 0 aromatic carbocycles. The molecular weight excluding hydrogens is 202 g/mol. The van der Waals surface area contributed by atoms with Gasteiger partial charge in [0.1, 0.15) is 0 Å². The summed E-state index contributed by atoms with van der Waals surface area (Å²) in [4.78, 5) is 4.44. The van der Waals surface area contributed by atoms with Gasteiger partial charge in [0.2, 0.25) is 5.88 Å². The number of ether oxygens (including phenoxy) is 1. The lowest BCUT2D eigenvalue weighted by atomic mass is 9.86. The molecule has 4 heteroatoms. The van der Waals surface area contributed by atoms with Crippen LogP contribution >= 0.6 is 0 Å². The second kappa shape index (κ2) is 4.60. The zero-order valence-corrected chi connectivity index (χ0v) is 9.70. The van der Waals surface area contributed by atoms with Crippen LogP contribution in [0.3, 0.4) is 0 Å². The highest BCUT2D eigenvalue weighted by molar-refractivity contribution is 5.60. The number of pyridine rings is 1. The molecule has 0 saturated heterocycles. The fourth-order valence-electron chi connectivity index (χ4n) is 2.41. The summed E-state index contributed by atoms with van der Waals surface area (Å²) in [6.45, 7) is 0. The van der Waals surface area contributed by atoms with E-state index < -0.39 is 0 Å². The maximum atomic E-state index is 5.98. The van der Waals surface area contributed by atoms with E-state index in [1.165, 1.54) is 32.1 Å². The van der Waals surface area contributed by atoms with Crippen molar-refractivity contribution in [2.75, 3.05) is 18.6 Å². The number of aromatic nitrogens is 1. The standard InChI is InChI=1S/C12H19N3O/c1-16-12-10(14)7-9(13)11(15-12)8-5-3-2-4-6-8/h7-8H,2-6,13-14H2,1H3. The Labute approximate surface area is 96.0 Å². The van der Waals surface area contributed by atoms with Crippen LogP contribution < -0.4 is 16.2 Å². The fraction of sp³-hybridized carbons (Fsp3) is 0.583. The Morgan fingerprint density at radius 2 is 1.88 bits per heavy atom. The quantitative estimate of drug-likeness (QED) is 0.803. The van der Waals surface area contributed by atoms with Crippen LogP contribution in [0.4, 0.5) is 11.4 Å². The Hall–Kier alpha value is -1.45.